The van der Waals surface area contributed by atoms with Crippen molar-refractivity contribution in [3.63, 3.8) is 0 Å². The molecule has 0 amide bonds. The molecule has 0 aliphatic rings. The van der Waals surface area contributed by atoms with E-state index >= 15 is 0 Å². The molecule has 11 heteroatoms. The van der Waals surface area contributed by atoms with Gasteiger partial charge in [0.25, 0.3) is 0 Å². The fourth-order valence-corrected chi connectivity index (χ4v) is 2.94. The molecule has 0 saturated heterocycles. The summed E-state index contributed by atoms with van der Waals surface area (Å²) in [5.74, 6) is -1.27. The van der Waals surface area contributed by atoms with Crippen molar-refractivity contribution in [1.29, 1.82) is 0 Å². The molecule has 1 rings (SSSR count). The summed E-state index contributed by atoms with van der Waals surface area (Å²) >= 11 is 0. The number of carbonyl (C=O) groups excluding carboxylic acids is 4. The Kier molecular flexibility index (Phi) is 13.8. The Hall–Kier alpha value is -3.34. The third kappa shape index (κ3) is 13.9. The third-order valence-corrected chi connectivity index (χ3v) is 5.37. The van der Waals surface area contributed by atoms with Crippen LogP contribution in [0.15, 0.2) is 18.2 Å². The molecular weight excluding hydrogens is 510 g/mol. The lowest BCUT2D eigenvalue weighted by atomic mass is 9.92. The van der Waals surface area contributed by atoms with E-state index < -0.39 is 36.5 Å². The van der Waals surface area contributed by atoms with Gasteiger partial charge in [0.2, 0.25) is 0 Å². The van der Waals surface area contributed by atoms with Gasteiger partial charge in [-0.25, -0.2) is 9.59 Å². The molecule has 0 heterocycles. The summed E-state index contributed by atoms with van der Waals surface area (Å²) in [6, 6.07) is 3.30. The summed E-state index contributed by atoms with van der Waals surface area (Å²) in [5.41, 5.74) is 6.30. The zero-order chi connectivity index (χ0) is 29.8. The van der Waals surface area contributed by atoms with E-state index in [0.29, 0.717) is 18.4 Å². The lowest BCUT2D eigenvalue weighted by Gasteiger charge is -2.20. The van der Waals surface area contributed by atoms with E-state index in [-0.39, 0.29) is 48.4 Å². The van der Waals surface area contributed by atoms with Crippen molar-refractivity contribution in [2.24, 2.45) is 11.1 Å². The molecule has 11 nitrogen and oxygen atoms in total. The van der Waals surface area contributed by atoms with Gasteiger partial charge in [0, 0.05) is 0 Å². The van der Waals surface area contributed by atoms with Gasteiger partial charge in [0.05, 0.1) is 6.42 Å². The highest BCUT2D eigenvalue weighted by molar-refractivity contribution is 5.76. The highest BCUT2D eigenvalue weighted by Crippen LogP contribution is 2.30. The quantitative estimate of drug-likeness (QED) is 0.197. The molecule has 2 N–H and O–H groups in total. The van der Waals surface area contributed by atoms with Crippen molar-refractivity contribution >= 4 is 24.2 Å². The van der Waals surface area contributed by atoms with Crippen LogP contribution in [0, 0.1) is 5.41 Å². The van der Waals surface area contributed by atoms with Gasteiger partial charge in [-0.15, -0.1) is 0 Å². The molecule has 220 valence electrons. The van der Waals surface area contributed by atoms with E-state index in [1.54, 1.807) is 26.8 Å². The summed E-state index contributed by atoms with van der Waals surface area (Å²) in [5, 5.41) is 0. The maximum absolute atomic E-state index is 12.4. The topological polar surface area (TPSA) is 150 Å². The monoisotopic (exact) mass is 553 g/mol. The predicted octanol–water partition coefficient (Wildman–Crippen LogP) is 5.10. The van der Waals surface area contributed by atoms with Crippen molar-refractivity contribution < 1.29 is 47.6 Å². The van der Waals surface area contributed by atoms with Gasteiger partial charge >= 0.3 is 24.2 Å². The van der Waals surface area contributed by atoms with Crippen LogP contribution in [0.25, 0.3) is 0 Å². The Morgan fingerprint density at radius 3 is 1.87 bits per heavy atom. The molecule has 2 unspecified atom stereocenters. The van der Waals surface area contributed by atoms with Crippen LogP contribution in [0.3, 0.4) is 0 Å². The Labute approximate surface area is 230 Å². The predicted molar refractivity (Wildman–Crippen MR) is 142 cm³/mol. The molecule has 0 aliphatic carbocycles. The number of benzene rings is 1. The Morgan fingerprint density at radius 1 is 0.821 bits per heavy atom. The van der Waals surface area contributed by atoms with E-state index in [0.717, 1.165) is 0 Å². The highest BCUT2D eigenvalue weighted by atomic mass is 16.7. The molecule has 4 atom stereocenters. The normalized spacial score (nSPS) is 14.3. The molecular formula is C28H43NO10. The maximum atomic E-state index is 12.4. The minimum atomic E-state index is -1.07. The smallest absolute Gasteiger partial charge is 0.461 e. The van der Waals surface area contributed by atoms with Crippen LogP contribution in [0.2, 0.25) is 0 Å². The molecule has 0 aromatic heterocycles. The molecule has 39 heavy (non-hydrogen) atoms. The second-order valence-electron chi connectivity index (χ2n) is 10.6. The first-order valence-electron chi connectivity index (χ1n) is 13.1. The third-order valence-electron chi connectivity index (χ3n) is 5.37. The van der Waals surface area contributed by atoms with Crippen molar-refractivity contribution in [1.82, 2.24) is 0 Å². The van der Waals surface area contributed by atoms with Crippen LogP contribution in [-0.4, -0.2) is 55.2 Å². The van der Waals surface area contributed by atoms with Crippen LogP contribution in [0.5, 0.6) is 11.5 Å². The number of hydrogen-bond donors (Lipinski definition) is 1. The van der Waals surface area contributed by atoms with E-state index in [2.05, 4.69) is 0 Å². The molecule has 0 fully saturated rings. The van der Waals surface area contributed by atoms with Crippen LogP contribution < -0.4 is 15.2 Å². The van der Waals surface area contributed by atoms with Crippen molar-refractivity contribution in [3.05, 3.63) is 23.8 Å². The van der Waals surface area contributed by atoms with Crippen molar-refractivity contribution in [3.8, 4) is 11.5 Å². The lowest BCUT2D eigenvalue weighted by molar-refractivity contribution is -0.160. The molecule has 1 aromatic rings. The largest absolute Gasteiger partial charge is 0.514 e. The van der Waals surface area contributed by atoms with Gasteiger partial charge in [-0.1, -0.05) is 40.7 Å². The number of hydrogen-bond acceptors (Lipinski definition) is 11. The van der Waals surface area contributed by atoms with Gasteiger partial charge < -0.3 is 34.2 Å². The molecule has 0 spiro atoms. The van der Waals surface area contributed by atoms with E-state index in [1.165, 1.54) is 12.1 Å². The van der Waals surface area contributed by atoms with Gasteiger partial charge in [0.1, 0.15) is 31.0 Å². The van der Waals surface area contributed by atoms with Crippen molar-refractivity contribution in [2.75, 3.05) is 6.61 Å². The second-order valence-corrected chi connectivity index (χ2v) is 10.6. The molecule has 0 saturated carbocycles. The average Bonchev–Trinajstić information content (AvgIpc) is 2.82. The standard InChI is InChI=1S/C28H43NO10/c1-9-17(3)36-26(32)38-22-12-11-20(14-23(22)39-27(33)37-18(4)10-2)13-21(29)25(31)34-16-19(5)35-24(30)15-28(6,7)8/h11-12,14,17-19,21H,9-10,13,15-16,29H2,1-8H3/t17?,18?,19-,21-/m0/s1. The van der Waals surface area contributed by atoms with Gasteiger partial charge in [-0.2, -0.15) is 0 Å². The van der Waals surface area contributed by atoms with E-state index in [4.69, 9.17) is 34.2 Å². The first kappa shape index (κ1) is 33.7. The Bertz CT molecular complexity index is 972. The number of nitrogens with two attached hydrogens (primary N) is 1. The Morgan fingerprint density at radius 2 is 1.36 bits per heavy atom. The molecule has 0 bridgehead atoms. The van der Waals surface area contributed by atoms with Crippen LogP contribution in [0.1, 0.15) is 80.2 Å². The van der Waals surface area contributed by atoms with Crippen molar-refractivity contribution in [2.45, 2.75) is 105 Å². The SMILES string of the molecule is CCC(C)OC(=O)Oc1ccc(C[C@H](N)C(=O)OC[C@H](C)OC(=O)CC(C)(C)C)cc1OC(=O)OC(C)CC. The van der Waals surface area contributed by atoms with Crippen LogP contribution >= 0.6 is 0 Å². The lowest BCUT2D eigenvalue weighted by Crippen LogP contribution is -2.36. The van der Waals surface area contributed by atoms with E-state index in [1.807, 2.05) is 34.6 Å². The minimum absolute atomic E-state index is 0.0192. The number of esters is 2. The molecule has 0 radical (unpaired) electrons. The van der Waals surface area contributed by atoms with Crippen LogP contribution in [-0.2, 0) is 35.0 Å². The maximum Gasteiger partial charge on any atom is 0.514 e. The number of carbonyl (C=O) groups is 4. The first-order chi connectivity index (χ1) is 18.1. The number of rotatable bonds is 13. The molecule has 1 aromatic carbocycles. The summed E-state index contributed by atoms with van der Waals surface area (Å²) < 4.78 is 31.3. The van der Waals surface area contributed by atoms with Gasteiger partial charge in [-0.3, -0.25) is 9.59 Å². The first-order valence-corrected chi connectivity index (χ1v) is 13.1. The zero-order valence-electron chi connectivity index (χ0n) is 24.2. The minimum Gasteiger partial charge on any atom is -0.461 e. The molecule has 0 aliphatic heterocycles. The highest BCUT2D eigenvalue weighted by Gasteiger charge is 2.23. The summed E-state index contributed by atoms with van der Waals surface area (Å²) in [6.07, 6.45) is -1.94. The van der Waals surface area contributed by atoms with E-state index in [9.17, 15) is 19.2 Å². The van der Waals surface area contributed by atoms with Gasteiger partial charge in [0.15, 0.2) is 11.5 Å². The average molecular weight is 554 g/mol. The summed E-state index contributed by atoms with van der Waals surface area (Å²) in [6.45, 7) is 14.3. The van der Waals surface area contributed by atoms with Crippen LogP contribution in [0.4, 0.5) is 9.59 Å². The van der Waals surface area contributed by atoms with Gasteiger partial charge in [-0.05, 0) is 63.1 Å². The summed E-state index contributed by atoms with van der Waals surface area (Å²) in [4.78, 5) is 48.8. The summed E-state index contributed by atoms with van der Waals surface area (Å²) in [7, 11) is 0. The fraction of sp³-hybridized carbons (Fsp3) is 0.643. The zero-order valence-corrected chi connectivity index (χ0v) is 24.2. The second kappa shape index (κ2) is 15.9. The number of ether oxygens (including phenoxy) is 6. The Balaban J connectivity index is 2.88. The fourth-order valence-electron chi connectivity index (χ4n) is 2.94.